The van der Waals surface area contributed by atoms with Crippen molar-refractivity contribution in [1.29, 1.82) is 0 Å². The van der Waals surface area contributed by atoms with Gasteiger partial charge >= 0.3 is 5.97 Å². The highest BCUT2D eigenvalue weighted by Gasteiger charge is 2.15. The molecule has 0 spiro atoms. The van der Waals surface area contributed by atoms with E-state index in [1.54, 1.807) is 0 Å². The highest BCUT2D eigenvalue weighted by molar-refractivity contribution is 5.69. The Labute approximate surface area is 116 Å². The van der Waals surface area contributed by atoms with Crippen LogP contribution in [-0.2, 0) is 16.0 Å². The first-order valence-electron chi connectivity index (χ1n) is 6.94. The first kappa shape index (κ1) is 15.7. The van der Waals surface area contributed by atoms with Crippen LogP contribution in [0.1, 0.15) is 39.2 Å². The second-order valence-corrected chi connectivity index (χ2v) is 5.68. The van der Waals surface area contributed by atoms with Gasteiger partial charge in [0.15, 0.2) is 0 Å². The summed E-state index contributed by atoms with van der Waals surface area (Å²) in [5, 5.41) is 3.34. The Morgan fingerprint density at radius 3 is 2.47 bits per heavy atom. The summed E-state index contributed by atoms with van der Waals surface area (Å²) in [5.74, 6) is -0.114. The number of carbonyl (C=O) groups is 1. The van der Waals surface area contributed by atoms with Crippen LogP contribution in [0.4, 0.5) is 0 Å². The van der Waals surface area contributed by atoms with E-state index in [0.717, 1.165) is 25.9 Å². The minimum Gasteiger partial charge on any atom is -0.460 e. The zero-order chi connectivity index (χ0) is 14.1. The average molecular weight is 263 g/mol. The molecule has 0 fully saturated rings. The number of hydrogen-bond donors (Lipinski definition) is 1. The molecule has 0 saturated heterocycles. The van der Waals surface area contributed by atoms with E-state index in [-0.39, 0.29) is 11.6 Å². The van der Waals surface area contributed by atoms with E-state index >= 15 is 0 Å². The second kappa shape index (κ2) is 7.95. The van der Waals surface area contributed by atoms with Crippen LogP contribution in [0.2, 0.25) is 0 Å². The number of nitrogens with one attached hydrogen (secondary N) is 1. The van der Waals surface area contributed by atoms with E-state index in [4.69, 9.17) is 4.74 Å². The summed E-state index contributed by atoms with van der Waals surface area (Å²) in [6.07, 6.45) is 2.33. The van der Waals surface area contributed by atoms with Crippen molar-refractivity contribution in [2.75, 3.05) is 13.1 Å². The fourth-order valence-corrected chi connectivity index (χ4v) is 1.75. The normalized spacial score (nSPS) is 11.3. The van der Waals surface area contributed by atoms with Gasteiger partial charge in [0.1, 0.15) is 5.60 Å². The first-order valence-corrected chi connectivity index (χ1v) is 6.94. The smallest absolute Gasteiger partial charge is 0.306 e. The van der Waals surface area contributed by atoms with Crippen LogP contribution in [0.25, 0.3) is 0 Å². The molecular formula is C16H25NO2. The maximum atomic E-state index is 11.5. The number of benzene rings is 1. The summed E-state index contributed by atoms with van der Waals surface area (Å²) in [4.78, 5) is 11.5. The number of ether oxygens (including phenoxy) is 1. The average Bonchev–Trinajstić information content (AvgIpc) is 2.32. The highest BCUT2D eigenvalue weighted by Crippen LogP contribution is 2.08. The van der Waals surface area contributed by atoms with Gasteiger partial charge in [-0.2, -0.15) is 0 Å². The van der Waals surface area contributed by atoms with Gasteiger partial charge in [-0.15, -0.1) is 0 Å². The van der Waals surface area contributed by atoms with Crippen LogP contribution in [0.5, 0.6) is 0 Å². The van der Waals surface area contributed by atoms with E-state index < -0.39 is 0 Å². The van der Waals surface area contributed by atoms with Gasteiger partial charge in [0.25, 0.3) is 0 Å². The number of hydrogen-bond acceptors (Lipinski definition) is 3. The molecule has 0 aliphatic heterocycles. The Balaban J connectivity index is 2.01. The molecule has 0 aromatic heterocycles. The van der Waals surface area contributed by atoms with Crippen molar-refractivity contribution in [2.45, 2.75) is 45.6 Å². The fraction of sp³-hybridized carbons (Fsp3) is 0.562. The van der Waals surface area contributed by atoms with Crippen molar-refractivity contribution < 1.29 is 9.53 Å². The van der Waals surface area contributed by atoms with Gasteiger partial charge in [0, 0.05) is 6.42 Å². The van der Waals surface area contributed by atoms with E-state index in [9.17, 15) is 4.79 Å². The van der Waals surface area contributed by atoms with Gasteiger partial charge in [-0.3, -0.25) is 4.79 Å². The Hall–Kier alpha value is -1.35. The molecule has 0 saturated carbocycles. The maximum Gasteiger partial charge on any atom is 0.306 e. The van der Waals surface area contributed by atoms with Crippen molar-refractivity contribution in [3.8, 4) is 0 Å². The van der Waals surface area contributed by atoms with Gasteiger partial charge in [0.2, 0.25) is 0 Å². The lowest BCUT2D eigenvalue weighted by atomic mass is 10.1. The second-order valence-electron chi connectivity index (χ2n) is 5.68. The third-order valence-electron chi connectivity index (χ3n) is 2.59. The van der Waals surface area contributed by atoms with Crippen LogP contribution in [0.15, 0.2) is 30.3 Å². The molecule has 3 heteroatoms. The van der Waals surface area contributed by atoms with Crippen LogP contribution >= 0.6 is 0 Å². The molecule has 0 amide bonds. The molecule has 1 N–H and O–H groups in total. The van der Waals surface area contributed by atoms with Crippen molar-refractivity contribution in [3.05, 3.63) is 35.9 Å². The number of rotatable bonds is 7. The fourth-order valence-electron chi connectivity index (χ4n) is 1.75. The van der Waals surface area contributed by atoms with Crippen molar-refractivity contribution in [2.24, 2.45) is 0 Å². The molecule has 0 atom stereocenters. The van der Waals surface area contributed by atoms with Gasteiger partial charge in [-0.1, -0.05) is 30.3 Å². The van der Waals surface area contributed by atoms with Gasteiger partial charge in [-0.05, 0) is 52.3 Å². The summed E-state index contributed by atoms with van der Waals surface area (Å²) in [6.45, 7) is 7.47. The molecule has 0 aliphatic rings. The van der Waals surface area contributed by atoms with Crippen LogP contribution < -0.4 is 5.32 Å². The minimum absolute atomic E-state index is 0.114. The largest absolute Gasteiger partial charge is 0.460 e. The molecule has 0 aliphatic carbocycles. The van der Waals surface area contributed by atoms with E-state index in [2.05, 4.69) is 29.6 Å². The predicted octanol–water partition coefficient (Wildman–Crippen LogP) is 2.94. The molecular weight excluding hydrogens is 238 g/mol. The van der Waals surface area contributed by atoms with Crippen molar-refractivity contribution in [3.63, 3.8) is 0 Å². The van der Waals surface area contributed by atoms with Crippen LogP contribution in [-0.4, -0.2) is 24.7 Å². The van der Waals surface area contributed by atoms with Gasteiger partial charge in [-0.25, -0.2) is 0 Å². The lowest BCUT2D eigenvalue weighted by Crippen LogP contribution is -2.25. The lowest BCUT2D eigenvalue weighted by Gasteiger charge is -2.19. The molecule has 0 bridgehead atoms. The van der Waals surface area contributed by atoms with Crippen molar-refractivity contribution >= 4 is 5.97 Å². The van der Waals surface area contributed by atoms with Crippen molar-refractivity contribution in [1.82, 2.24) is 5.32 Å². The monoisotopic (exact) mass is 263 g/mol. The number of carbonyl (C=O) groups excluding carboxylic acids is 1. The standard InChI is InChI=1S/C16H25NO2/c1-16(2,3)19-15(18)10-7-12-17-13-11-14-8-5-4-6-9-14/h4-6,8-9,17H,7,10-13H2,1-3H3. The maximum absolute atomic E-state index is 11.5. The molecule has 3 nitrogen and oxygen atoms in total. The summed E-state index contributed by atoms with van der Waals surface area (Å²) in [5.41, 5.74) is 0.958. The van der Waals surface area contributed by atoms with Crippen LogP contribution in [0, 0.1) is 0 Å². The van der Waals surface area contributed by atoms with Gasteiger partial charge in [0.05, 0.1) is 0 Å². The third-order valence-corrected chi connectivity index (χ3v) is 2.59. The SMILES string of the molecule is CC(C)(C)OC(=O)CCCNCCc1ccccc1. The predicted molar refractivity (Wildman–Crippen MR) is 78.1 cm³/mol. The van der Waals surface area contributed by atoms with E-state index in [1.165, 1.54) is 5.56 Å². The third kappa shape index (κ3) is 8.38. The molecule has 0 unspecified atom stereocenters. The number of esters is 1. The summed E-state index contributed by atoms with van der Waals surface area (Å²) >= 11 is 0. The summed E-state index contributed by atoms with van der Waals surface area (Å²) in [6, 6.07) is 10.4. The van der Waals surface area contributed by atoms with Gasteiger partial charge < -0.3 is 10.1 Å². The topological polar surface area (TPSA) is 38.3 Å². The zero-order valence-corrected chi connectivity index (χ0v) is 12.2. The molecule has 1 aromatic carbocycles. The Morgan fingerprint density at radius 2 is 1.84 bits per heavy atom. The first-order chi connectivity index (χ1) is 8.97. The Morgan fingerprint density at radius 1 is 1.16 bits per heavy atom. The summed E-state index contributed by atoms with van der Waals surface area (Å²) < 4.78 is 5.25. The molecule has 0 heterocycles. The molecule has 106 valence electrons. The molecule has 0 radical (unpaired) electrons. The zero-order valence-electron chi connectivity index (χ0n) is 12.2. The Kier molecular flexibility index (Phi) is 6.57. The minimum atomic E-state index is -0.377. The summed E-state index contributed by atoms with van der Waals surface area (Å²) in [7, 11) is 0. The molecule has 1 aromatic rings. The molecule has 1 rings (SSSR count). The van der Waals surface area contributed by atoms with E-state index in [0.29, 0.717) is 6.42 Å². The highest BCUT2D eigenvalue weighted by atomic mass is 16.6. The lowest BCUT2D eigenvalue weighted by molar-refractivity contribution is -0.154. The Bertz CT molecular complexity index is 368. The van der Waals surface area contributed by atoms with E-state index in [1.807, 2.05) is 26.8 Å². The van der Waals surface area contributed by atoms with Crippen LogP contribution in [0.3, 0.4) is 0 Å². The molecule has 19 heavy (non-hydrogen) atoms. The quantitative estimate of drug-likeness (QED) is 0.607.